The van der Waals surface area contributed by atoms with Crippen molar-refractivity contribution in [2.75, 3.05) is 26.3 Å². The van der Waals surface area contributed by atoms with Gasteiger partial charge in [-0.2, -0.15) is 0 Å². The molecule has 0 aromatic carbocycles. The van der Waals surface area contributed by atoms with Crippen LogP contribution in [0, 0.1) is 17.7 Å². The molecular formula is C17H23FN2O3. The molecule has 5 nitrogen and oxygen atoms in total. The third kappa shape index (κ3) is 3.32. The first-order valence-corrected chi connectivity index (χ1v) is 8.15. The van der Waals surface area contributed by atoms with E-state index in [2.05, 4.69) is 4.98 Å². The molecule has 0 radical (unpaired) electrons. The molecule has 2 fully saturated rings. The van der Waals surface area contributed by atoms with E-state index in [1.165, 1.54) is 18.3 Å². The Hall–Kier alpha value is -1.69. The molecule has 0 bridgehead atoms. The van der Waals surface area contributed by atoms with Gasteiger partial charge < -0.3 is 14.4 Å². The van der Waals surface area contributed by atoms with Gasteiger partial charge in [0.15, 0.2) is 5.82 Å². The highest BCUT2D eigenvalue weighted by molar-refractivity contribution is 5.77. The fourth-order valence-electron chi connectivity index (χ4n) is 3.28. The van der Waals surface area contributed by atoms with Crippen LogP contribution in [0.2, 0.25) is 0 Å². The van der Waals surface area contributed by atoms with Crippen LogP contribution in [0.15, 0.2) is 18.3 Å². The lowest BCUT2D eigenvalue weighted by molar-refractivity contribution is -0.167. The van der Waals surface area contributed by atoms with Crippen LogP contribution in [0.4, 0.5) is 4.39 Å². The van der Waals surface area contributed by atoms with E-state index in [0.29, 0.717) is 38.6 Å². The molecular weight excluding hydrogens is 299 g/mol. The van der Waals surface area contributed by atoms with Crippen molar-refractivity contribution in [1.29, 1.82) is 0 Å². The maximum Gasteiger partial charge on any atom is 0.250 e. The third-order valence-electron chi connectivity index (χ3n) is 4.60. The minimum atomic E-state index is -0.456. The van der Waals surface area contributed by atoms with Crippen LogP contribution in [0.3, 0.4) is 0 Å². The summed E-state index contributed by atoms with van der Waals surface area (Å²) in [4.78, 5) is 17.8. The summed E-state index contributed by atoms with van der Waals surface area (Å²) in [5.41, 5.74) is -0.322. The van der Waals surface area contributed by atoms with E-state index < -0.39 is 5.82 Å². The van der Waals surface area contributed by atoms with E-state index in [1.54, 1.807) is 0 Å². The molecule has 0 aliphatic carbocycles. The third-order valence-corrected chi connectivity index (χ3v) is 4.60. The Kier molecular flexibility index (Phi) is 4.53. The summed E-state index contributed by atoms with van der Waals surface area (Å²) in [7, 11) is 0. The number of carbonyl (C=O) groups is 1. The van der Waals surface area contributed by atoms with Crippen LogP contribution in [0.25, 0.3) is 0 Å². The summed E-state index contributed by atoms with van der Waals surface area (Å²) in [5, 5.41) is 0. The van der Waals surface area contributed by atoms with Crippen LogP contribution >= 0.6 is 0 Å². The molecule has 2 aliphatic rings. The smallest absolute Gasteiger partial charge is 0.250 e. The lowest BCUT2D eigenvalue weighted by Crippen LogP contribution is -2.66. The number of hydrogen-bond acceptors (Lipinski definition) is 4. The van der Waals surface area contributed by atoms with Gasteiger partial charge in [-0.1, -0.05) is 13.8 Å². The topological polar surface area (TPSA) is 51.7 Å². The molecule has 6 heteroatoms. The van der Waals surface area contributed by atoms with Crippen LogP contribution in [0.1, 0.15) is 26.7 Å². The van der Waals surface area contributed by atoms with Gasteiger partial charge in [0.2, 0.25) is 11.8 Å². The number of likely N-dealkylation sites (tertiary alicyclic amines) is 1. The number of aromatic nitrogens is 1. The van der Waals surface area contributed by atoms with E-state index >= 15 is 0 Å². The molecule has 1 aromatic rings. The van der Waals surface area contributed by atoms with Gasteiger partial charge in [-0.05, 0) is 24.5 Å². The van der Waals surface area contributed by atoms with E-state index in [9.17, 15) is 9.18 Å². The lowest BCUT2D eigenvalue weighted by Gasteiger charge is -2.50. The maximum atomic E-state index is 13.6. The molecule has 1 amide bonds. The molecule has 1 spiro atoms. The Bertz CT molecular complexity index is 573. The Labute approximate surface area is 135 Å². The van der Waals surface area contributed by atoms with Crippen LogP contribution < -0.4 is 4.74 Å². The molecule has 2 saturated heterocycles. The monoisotopic (exact) mass is 322 g/mol. The van der Waals surface area contributed by atoms with Gasteiger partial charge in [0.1, 0.15) is 5.60 Å². The summed E-state index contributed by atoms with van der Waals surface area (Å²) in [6.45, 7) is 6.31. The van der Waals surface area contributed by atoms with Gasteiger partial charge in [-0.15, -0.1) is 0 Å². The quantitative estimate of drug-likeness (QED) is 0.834. The van der Waals surface area contributed by atoms with Gasteiger partial charge in [0, 0.05) is 25.1 Å². The predicted molar refractivity (Wildman–Crippen MR) is 82.5 cm³/mol. The molecule has 3 rings (SSSR count). The second-order valence-corrected chi connectivity index (χ2v) is 6.85. The highest BCUT2D eigenvalue weighted by Gasteiger charge is 2.54. The van der Waals surface area contributed by atoms with Gasteiger partial charge in [0.05, 0.1) is 19.7 Å². The largest absolute Gasteiger partial charge is 0.475 e. The number of carbonyl (C=O) groups excluding carboxylic acids is 1. The fraction of sp³-hybridized carbons (Fsp3) is 0.647. The average Bonchev–Trinajstić information content (AvgIpc) is 2.88. The van der Waals surface area contributed by atoms with E-state index in [0.717, 1.165) is 6.42 Å². The molecule has 2 aliphatic heterocycles. The number of amides is 1. The number of hydrogen-bond donors (Lipinski definition) is 0. The van der Waals surface area contributed by atoms with Crippen molar-refractivity contribution in [3.8, 4) is 5.88 Å². The predicted octanol–water partition coefficient (Wildman–Crippen LogP) is 2.26. The SMILES string of the molecule is CC(C)CC(=O)N1CC2(C1)OCC[C@H]2COc1ncccc1F. The van der Waals surface area contributed by atoms with Crippen LogP contribution in [-0.4, -0.2) is 47.7 Å². The van der Waals surface area contributed by atoms with Crippen molar-refractivity contribution in [1.82, 2.24) is 9.88 Å². The lowest BCUT2D eigenvalue weighted by atomic mass is 9.81. The van der Waals surface area contributed by atoms with Crippen LogP contribution in [-0.2, 0) is 9.53 Å². The van der Waals surface area contributed by atoms with Gasteiger partial charge >= 0.3 is 0 Å². The summed E-state index contributed by atoms with van der Waals surface area (Å²) in [5.74, 6) is 0.266. The molecule has 0 saturated carbocycles. The first-order valence-electron chi connectivity index (χ1n) is 8.15. The van der Waals surface area contributed by atoms with Crippen molar-refractivity contribution in [2.45, 2.75) is 32.3 Å². The van der Waals surface area contributed by atoms with Crippen LogP contribution in [0.5, 0.6) is 5.88 Å². The Balaban J connectivity index is 1.55. The number of nitrogens with zero attached hydrogens (tertiary/aromatic N) is 2. The molecule has 0 N–H and O–H groups in total. The number of ether oxygens (including phenoxy) is 2. The zero-order valence-corrected chi connectivity index (χ0v) is 13.6. The molecule has 23 heavy (non-hydrogen) atoms. The molecule has 1 aromatic heterocycles. The number of pyridine rings is 1. The van der Waals surface area contributed by atoms with Crippen molar-refractivity contribution in [2.24, 2.45) is 11.8 Å². The van der Waals surface area contributed by atoms with Gasteiger partial charge in [-0.25, -0.2) is 9.37 Å². The highest BCUT2D eigenvalue weighted by atomic mass is 19.1. The van der Waals surface area contributed by atoms with Gasteiger partial charge in [-0.3, -0.25) is 4.79 Å². The summed E-state index contributed by atoms with van der Waals surface area (Å²) in [6.07, 6.45) is 2.94. The summed E-state index contributed by atoms with van der Waals surface area (Å²) in [6, 6.07) is 2.87. The minimum absolute atomic E-state index is 0.0293. The summed E-state index contributed by atoms with van der Waals surface area (Å²) >= 11 is 0. The van der Waals surface area contributed by atoms with Crippen molar-refractivity contribution >= 4 is 5.91 Å². The fourth-order valence-corrected chi connectivity index (χ4v) is 3.28. The van der Waals surface area contributed by atoms with Gasteiger partial charge in [0.25, 0.3) is 0 Å². The molecule has 3 heterocycles. The average molecular weight is 322 g/mol. The zero-order chi connectivity index (χ0) is 16.4. The van der Waals surface area contributed by atoms with E-state index in [-0.39, 0.29) is 23.3 Å². The summed E-state index contributed by atoms with van der Waals surface area (Å²) < 4.78 is 25.0. The first kappa shape index (κ1) is 16.2. The first-order chi connectivity index (χ1) is 11.0. The van der Waals surface area contributed by atoms with E-state index in [1.807, 2.05) is 18.7 Å². The normalized spacial score (nSPS) is 22.4. The number of halogens is 1. The Morgan fingerprint density at radius 1 is 1.57 bits per heavy atom. The molecule has 126 valence electrons. The van der Waals surface area contributed by atoms with Crippen molar-refractivity contribution in [3.05, 3.63) is 24.1 Å². The Morgan fingerprint density at radius 2 is 2.35 bits per heavy atom. The standard InChI is InChI=1S/C17H23FN2O3/c1-12(2)8-15(21)20-10-17(11-20)13(5-7-23-17)9-22-16-14(18)4-3-6-19-16/h3-4,6,12-13H,5,7-11H2,1-2H3/t13-/m0/s1. The molecule has 1 atom stereocenters. The Morgan fingerprint density at radius 3 is 3.04 bits per heavy atom. The van der Waals surface area contributed by atoms with E-state index in [4.69, 9.17) is 9.47 Å². The second-order valence-electron chi connectivity index (χ2n) is 6.85. The maximum absolute atomic E-state index is 13.6. The van der Waals surface area contributed by atoms with Crippen molar-refractivity contribution in [3.63, 3.8) is 0 Å². The van der Waals surface area contributed by atoms with Crippen molar-refractivity contribution < 1.29 is 18.7 Å². The molecule has 0 unspecified atom stereocenters. The number of rotatable bonds is 5. The minimum Gasteiger partial charge on any atom is -0.475 e. The highest BCUT2D eigenvalue weighted by Crippen LogP contribution is 2.40. The second kappa shape index (κ2) is 6.43. The zero-order valence-electron chi connectivity index (χ0n) is 13.6.